The fourth-order valence-corrected chi connectivity index (χ4v) is 3.66. The van der Waals surface area contributed by atoms with Crippen molar-refractivity contribution in [1.82, 2.24) is 10.2 Å². The van der Waals surface area contributed by atoms with Gasteiger partial charge in [-0.15, -0.1) is 0 Å². The molecule has 0 aromatic heterocycles. The van der Waals surface area contributed by atoms with Crippen molar-refractivity contribution in [1.29, 1.82) is 0 Å². The highest BCUT2D eigenvalue weighted by Crippen LogP contribution is 2.29. The van der Waals surface area contributed by atoms with Crippen LogP contribution in [0, 0.1) is 11.8 Å². The van der Waals surface area contributed by atoms with Gasteiger partial charge in [0.15, 0.2) is 0 Å². The topological polar surface area (TPSA) is 35.5 Å². The molecule has 1 saturated carbocycles. The first-order valence-electron chi connectivity index (χ1n) is 9.38. The normalized spacial score (nSPS) is 21.7. The van der Waals surface area contributed by atoms with Crippen LogP contribution in [-0.4, -0.2) is 36.2 Å². The van der Waals surface area contributed by atoms with Crippen LogP contribution in [0.3, 0.4) is 0 Å². The first-order chi connectivity index (χ1) is 11.3. The highest BCUT2D eigenvalue weighted by molar-refractivity contribution is 5.22. The van der Waals surface area contributed by atoms with E-state index in [1.165, 1.54) is 36.8 Å². The second kappa shape index (κ2) is 10.1. The van der Waals surface area contributed by atoms with E-state index in [4.69, 9.17) is 0 Å². The fraction of sp³-hybridized carbons (Fsp3) is 0.700. The zero-order valence-electron chi connectivity index (χ0n) is 14.9. The molecule has 0 amide bonds. The van der Waals surface area contributed by atoms with Gasteiger partial charge in [0.25, 0.3) is 0 Å². The van der Waals surface area contributed by atoms with Crippen LogP contribution in [0.2, 0.25) is 0 Å². The predicted molar refractivity (Wildman–Crippen MR) is 97.3 cm³/mol. The van der Waals surface area contributed by atoms with Crippen LogP contribution in [0.5, 0.6) is 0 Å². The molecular formula is C20H34N2O. The number of hydrogen-bond donors (Lipinski definition) is 2. The lowest BCUT2D eigenvalue weighted by molar-refractivity contribution is 0.133. The Kier molecular flexibility index (Phi) is 8.07. The maximum atomic E-state index is 9.49. The summed E-state index contributed by atoms with van der Waals surface area (Å²) in [4.78, 5) is 2.44. The van der Waals surface area contributed by atoms with E-state index < -0.39 is 0 Å². The number of aliphatic hydroxyl groups is 1. The third-order valence-corrected chi connectivity index (χ3v) is 5.36. The molecule has 1 aliphatic rings. The molecule has 0 aliphatic heterocycles. The number of rotatable bonds is 9. The Bertz CT molecular complexity index is 428. The third-order valence-electron chi connectivity index (χ3n) is 5.36. The number of benzene rings is 1. The molecule has 1 aromatic rings. The minimum atomic E-state index is 0.354. The summed E-state index contributed by atoms with van der Waals surface area (Å²) in [7, 11) is 0. The van der Waals surface area contributed by atoms with E-state index in [9.17, 15) is 5.11 Å². The zero-order valence-corrected chi connectivity index (χ0v) is 14.9. The largest absolute Gasteiger partial charge is 0.396 e. The summed E-state index contributed by atoms with van der Waals surface area (Å²) in [6.07, 6.45) is 5.07. The van der Waals surface area contributed by atoms with Crippen molar-refractivity contribution in [3.8, 4) is 0 Å². The van der Waals surface area contributed by atoms with E-state index in [1.807, 2.05) is 0 Å². The van der Waals surface area contributed by atoms with Gasteiger partial charge >= 0.3 is 0 Å². The lowest BCUT2D eigenvalue weighted by Crippen LogP contribution is -2.32. The van der Waals surface area contributed by atoms with Gasteiger partial charge in [-0.05, 0) is 55.4 Å². The first-order valence-corrected chi connectivity index (χ1v) is 9.38. The summed E-state index contributed by atoms with van der Waals surface area (Å²) >= 11 is 0. The quantitative estimate of drug-likeness (QED) is 0.732. The number of hydrogen-bond acceptors (Lipinski definition) is 3. The van der Waals surface area contributed by atoms with Gasteiger partial charge in [0, 0.05) is 19.7 Å². The van der Waals surface area contributed by atoms with E-state index >= 15 is 0 Å². The third kappa shape index (κ3) is 5.91. The monoisotopic (exact) mass is 318 g/mol. The molecule has 1 aliphatic carbocycles. The summed E-state index contributed by atoms with van der Waals surface area (Å²) in [5.74, 6) is 1.16. The molecule has 3 nitrogen and oxygen atoms in total. The van der Waals surface area contributed by atoms with Gasteiger partial charge in [-0.1, -0.05) is 51.0 Å². The van der Waals surface area contributed by atoms with Crippen molar-refractivity contribution in [2.24, 2.45) is 11.8 Å². The van der Waals surface area contributed by atoms with E-state index in [2.05, 4.69) is 48.3 Å². The Morgan fingerprint density at radius 3 is 2.22 bits per heavy atom. The molecule has 0 radical (unpaired) electrons. The molecule has 0 bridgehead atoms. The SMILES string of the molecule is CCN(CC)Cc1ccc(CNCC2CCCCC2CO)cc1. The summed E-state index contributed by atoms with van der Waals surface area (Å²) in [5, 5.41) is 13.1. The van der Waals surface area contributed by atoms with Crippen LogP contribution in [-0.2, 0) is 13.1 Å². The minimum Gasteiger partial charge on any atom is -0.396 e. The molecule has 2 rings (SSSR count). The molecular weight excluding hydrogens is 284 g/mol. The van der Waals surface area contributed by atoms with E-state index in [-0.39, 0.29) is 0 Å². The number of aliphatic hydroxyl groups excluding tert-OH is 1. The maximum Gasteiger partial charge on any atom is 0.0462 e. The minimum absolute atomic E-state index is 0.354. The lowest BCUT2D eigenvalue weighted by atomic mass is 9.79. The van der Waals surface area contributed by atoms with Crippen LogP contribution >= 0.6 is 0 Å². The van der Waals surface area contributed by atoms with Gasteiger partial charge in [0.05, 0.1) is 0 Å². The summed E-state index contributed by atoms with van der Waals surface area (Å²) in [5.41, 5.74) is 2.75. The second-order valence-electron chi connectivity index (χ2n) is 6.90. The molecule has 0 spiro atoms. The van der Waals surface area contributed by atoms with Crippen LogP contribution in [0.25, 0.3) is 0 Å². The highest BCUT2D eigenvalue weighted by Gasteiger charge is 2.23. The maximum absolute atomic E-state index is 9.49. The predicted octanol–water partition coefficient (Wildman–Crippen LogP) is 3.42. The molecule has 0 heterocycles. The van der Waals surface area contributed by atoms with Crippen molar-refractivity contribution in [2.45, 2.75) is 52.6 Å². The molecule has 2 N–H and O–H groups in total. The molecule has 1 fully saturated rings. The summed E-state index contributed by atoms with van der Waals surface area (Å²) in [6, 6.07) is 9.01. The second-order valence-corrected chi connectivity index (χ2v) is 6.90. The van der Waals surface area contributed by atoms with E-state index in [0.29, 0.717) is 18.4 Å². The van der Waals surface area contributed by atoms with Gasteiger partial charge in [-0.25, -0.2) is 0 Å². The fourth-order valence-electron chi connectivity index (χ4n) is 3.66. The Morgan fingerprint density at radius 1 is 1.00 bits per heavy atom. The van der Waals surface area contributed by atoms with Gasteiger partial charge in [0.2, 0.25) is 0 Å². The molecule has 1 aromatic carbocycles. The standard InChI is InChI=1S/C20H34N2O/c1-3-22(4-2)15-18-11-9-17(10-12-18)13-21-14-19-7-5-6-8-20(19)16-23/h9-12,19-21,23H,3-8,13-16H2,1-2H3. The number of nitrogens with one attached hydrogen (secondary N) is 1. The van der Waals surface area contributed by atoms with Gasteiger partial charge in [0.1, 0.15) is 0 Å². The zero-order chi connectivity index (χ0) is 16.5. The van der Waals surface area contributed by atoms with Crippen LogP contribution in [0.4, 0.5) is 0 Å². The van der Waals surface area contributed by atoms with Crippen LogP contribution in [0.15, 0.2) is 24.3 Å². The molecule has 0 saturated heterocycles. The van der Waals surface area contributed by atoms with Gasteiger partial charge in [-0.2, -0.15) is 0 Å². The number of nitrogens with zero attached hydrogens (tertiary/aromatic N) is 1. The smallest absolute Gasteiger partial charge is 0.0462 e. The Labute approximate surface area is 142 Å². The summed E-state index contributed by atoms with van der Waals surface area (Å²) in [6.45, 7) is 10.00. The van der Waals surface area contributed by atoms with Gasteiger partial charge in [-0.3, -0.25) is 4.90 Å². The Morgan fingerprint density at radius 2 is 1.61 bits per heavy atom. The Balaban J connectivity index is 1.75. The average Bonchev–Trinajstić information content (AvgIpc) is 2.61. The van der Waals surface area contributed by atoms with Crippen molar-refractivity contribution in [3.05, 3.63) is 35.4 Å². The van der Waals surface area contributed by atoms with E-state index in [0.717, 1.165) is 32.7 Å². The van der Waals surface area contributed by atoms with Crippen molar-refractivity contribution >= 4 is 0 Å². The van der Waals surface area contributed by atoms with Crippen LogP contribution in [0.1, 0.15) is 50.7 Å². The molecule has 130 valence electrons. The van der Waals surface area contributed by atoms with Crippen molar-refractivity contribution in [3.63, 3.8) is 0 Å². The molecule has 2 unspecified atom stereocenters. The van der Waals surface area contributed by atoms with Gasteiger partial charge < -0.3 is 10.4 Å². The van der Waals surface area contributed by atoms with Crippen molar-refractivity contribution < 1.29 is 5.11 Å². The average molecular weight is 319 g/mol. The van der Waals surface area contributed by atoms with Crippen LogP contribution < -0.4 is 5.32 Å². The van der Waals surface area contributed by atoms with Crippen molar-refractivity contribution in [2.75, 3.05) is 26.2 Å². The highest BCUT2D eigenvalue weighted by atomic mass is 16.3. The molecule has 2 atom stereocenters. The molecule has 3 heteroatoms. The Hall–Kier alpha value is -0.900. The first kappa shape index (κ1) is 18.4. The lowest BCUT2D eigenvalue weighted by Gasteiger charge is -2.30. The van der Waals surface area contributed by atoms with E-state index in [1.54, 1.807) is 0 Å². The molecule has 23 heavy (non-hydrogen) atoms. The summed E-state index contributed by atoms with van der Waals surface area (Å²) < 4.78 is 0.